The van der Waals surface area contributed by atoms with Gasteiger partial charge in [-0.05, 0) is 12.8 Å². The minimum absolute atomic E-state index is 0.0278. The number of aliphatic hydroxyl groups excluding tert-OH is 2. The van der Waals surface area contributed by atoms with Gasteiger partial charge in [0.2, 0.25) is 5.91 Å². The highest BCUT2D eigenvalue weighted by Crippen LogP contribution is 2.17. The van der Waals surface area contributed by atoms with Crippen molar-refractivity contribution in [1.82, 2.24) is 5.32 Å². The van der Waals surface area contributed by atoms with Crippen molar-refractivity contribution < 1.29 is 15.0 Å². The second-order valence-corrected chi connectivity index (χ2v) is 14.8. The van der Waals surface area contributed by atoms with Gasteiger partial charge in [0, 0.05) is 6.42 Å². The number of hydrogen-bond donors (Lipinski definition) is 3. The van der Waals surface area contributed by atoms with Crippen LogP contribution in [0.15, 0.2) is 0 Å². The quantitative estimate of drug-likeness (QED) is 0.0579. The number of aliphatic hydroxyl groups is 2. The van der Waals surface area contributed by atoms with E-state index < -0.39 is 12.1 Å². The van der Waals surface area contributed by atoms with Crippen molar-refractivity contribution in [1.29, 1.82) is 0 Å². The first-order chi connectivity index (χ1) is 22.7. The molecule has 0 aromatic rings. The van der Waals surface area contributed by atoms with Crippen molar-refractivity contribution >= 4 is 5.91 Å². The summed E-state index contributed by atoms with van der Waals surface area (Å²) in [6.07, 6.45) is 46.0. The van der Waals surface area contributed by atoms with Crippen LogP contribution in [0.25, 0.3) is 0 Å². The molecule has 0 rings (SSSR count). The molecule has 0 bridgehead atoms. The van der Waals surface area contributed by atoms with Crippen molar-refractivity contribution in [2.75, 3.05) is 6.61 Å². The van der Waals surface area contributed by atoms with E-state index in [4.69, 9.17) is 0 Å². The Hall–Kier alpha value is -0.610. The van der Waals surface area contributed by atoms with Gasteiger partial charge in [0.1, 0.15) is 0 Å². The van der Waals surface area contributed by atoms with E-state index in [2.05, 4.69) is 19.2 Å². The van der Waals surface area contributed by atoms with Crippen molar-refractivity contribution in [3.8, 4) is 0 Å². The molecule has 0 radical (unpaired) electrons. The molecule has 0 saturated heterocycles. The lowest BCUT2D eigenvalue weighted by molar-refractivity contribution is -0.123. The molecule has 0 aliphatic heterocycles. The Morgan fingerprint density at radius 2 is 0.696 bits per heavy atom. The summed E-state index contributed by atoms with van der Waals surface area (Å²) < 4.78 is 0. The Morgan fingerprint density at radius 3 is 0.978 bits per heavy atom. The molecule has 0 spiro atoms. The predicted molar refractivity (Wildman–Crippen MR) is 203 cm³/mol. The number of carbonyl (C=O) groups is 1. The minimum atomic E-state index is -0.652. The van der Waals surface area contributed by atoms with Crippen LogP contribution in [0.4, 0.5) is 0 Å². The van der Waals surface area contributed by atoms with Crippen LogP contribution in [0, 0.1) is 0 Å². The standard InChI is InChI=1S/C42H85NO3/c1-3-5-7-9-11-13-15-17-18-19-20-21-22-23-24-26-27-29-31-33-35-37-41(45)40(39-44)43-42(46)38-36-34-32-30-28-25-16-14-12-10-8-6-4-2/h40-41,44-45H,3-39H2,1-2H3,(H,43,46). The fourth-order valence-electron chi connectivity index (χ4n) is 6.83. The van der Waals surface area contributed by atoms with Gasteiger partial charge in [0.15, 0.2) is 0 Å². The normalized spacial score (nSPS) is 12.9. The summed E-state index contributed by atoms with van der Waals surface area (Å²) >= 11 is 0. The third-order valence-corrected chi connectivity index (χ3v) is 10.1. The van der Waals surface area contributed by atoms with Gasteiger partial charge >= 0.3 is 0 Å². The molecule has 4 heteroatoms. The third kappa shape index (κ3) is 34.7. The zero-order chi connectivity index (χ0) is 33.6. The summed E-state index contributed by atoms with van der Waals surface area (Å²) in [6, 6.07) is -0.528. The molecule has 0 heterocycles. The molecule has 0 fully saturated rings. The molecular weight excluding hydrogens is 566 g/mol. The van der Waals surface area contributed by atoms with Gasteiger partial charge in [-0.2, -0.15) is 0 Å². The Morgan fingerprint density at radius 1 is 0.435 bits per heavy atom. The Bertz CT molecular complexity index is 583. The van der Waals surface area contributed by atoms with Gasteiger partial charge in [0.05, 0.1) is 18.8 Å². The Labute approximate surface area is 289 Å². The van der Waals surface area contributed by atoms with E-state index in [9.17, 15) is 15.0 Å². The average molecular weight is 652 g/mol. The van der Waals surface area contributed by atoms with Crippen LogP contribution in [0.2, 0.25) is 0 Å². The van der Waals surface area contributed by atoms with Crippen molar-refractivity contribution in [2.45, 2.75) is 257 Å². The van der Waals surface area contributed by atoms with Crippen molar-refractivity contribution in [2.24, 2.45) is 0 Å². The van der Waals surface area contributed by atoms with Gasteiger partial charge in [-0.3, -0.25) is 4.79 Å². The number of carbonyl (C=O) groups excluding carboxylic acids is 1. The number of unbranched alkanes of at least 4 members (excludes halogenated alkanes) is 32. The van der Waals surface area contributed by atoms with Crippen LogP contribution in [0.5, 0.6) is 0 Å². The maximum Gasteiger partial charge on any atom is 0.220 e. The Balaban J connectivity index is 3.46. The predicted octanol–water partition coefficient (Wildman–Crippen LogP) is 12.9. The summed E-state index contributed by atoms with van der Waals surface area (Å²) in [5.41, 5.74) is 0. The number of nitrogens with one attached hydrogen (secondary N) is 1. The lowest BCUT2D eigenvalue weighted by Gasteiger charge is -2.22. The van der Waals surface area contributed by atoms with Gasteiger partial charge < -0.3 is 15.5 Å². The third-order valence-electron chi connectivity index (χ3n) is 10.1. The van der Waals surface area contributed by atoms with E-state index in [0.717, 1.165) is 25.7 Å². The highest BCUT2D eigenvalue weighted by Gasteiger charge is 2.20. The van der Waals surface area contributed by atoms with E-state index in [1.165, 1.54) is 193 Å². The highest BCUT2D eigenvalue weighted by molar-refractivity contribution is 5.76. The van der Waals surface area contributed by atoms with Gasteiger partial charge in [-0.1, -0.05) is 226 Å². The van der Waals surface area contributed by atoms with Gasteiger partial charge in [-0.15, -0.1) is 0 Å². The molecule has 3 N–H and O–H groups in total. The van der Waals surface area contributed by atoms with Gasteiger partial charge in [-0.25, -0.2) is 0 Å². The topological polar surface area (TPSA) is 69.6 Å². The number of hydrogen-bond acceptors (Lipinski definition) is 3. The van der Waals surface area contributed by atoms with E-state index in [1.54, 1.807) is 0 Å². The highest BCUT2D eigenvalue weighted by atomic mass is 16.3. The molecule has 0 aliphatic carbocycles. The summed E-state index contributed by atoms with van der Waals surface area (Å²) in [5.74, 6) is -0.0278. The van der Waals surface area contributed by atoms with Crippen LogP contribution in [-0.4, -0.2) is 34.9 Å². The SMILES string of the molecule is CCCCCCCCCCCCCCCCCCCCCCCC(O)C(CO)NC(=O)CCCCCCCCCCCCCCC. The summed E-state index contributed by atoms with van der Waals surface area (Å²) in [5, 5.41) is 23.1. The maximum absolute atomic E-state index is 12.3. The van der Waals surface area contributed by atoms with Gasteiger partial charge in [0.25, 0.3) is 0 Å². The first-order valence-corrected chi connectivity index (χ1v) is 21.2. The fourth-order valence-corrected chi connectivity index (χ4v) is 6.83. The maximum atomic E-state index is 12.3. The fraction of sp³-hybridized carbons (Fsp3) is 0.976. The molecule has 0 aromatic carbocycles. The largest absolute Gasteiger partial charge is 0.394 e. The molecule has 1 amide bonds. The van der Waals surface area contributed by atoms with Crippen LogP contribution in [0.1, 0.15) is 245 Å². The van der Waals surface area contributed by atoms with E-state index in [-0.39, 0.29) is 12.5 Å². The molecular formula is C42H85NO3. The smallest absolute Gasteiger partial charge is 0.220 e. The lowest BCUT2D eigenvalue weighted by atomic mass is 10.0. The van der Waals surface area contributed by atoms with E-state index in [0.29, 0.717) is 12.8 Å². The molecule has 0 aromatic heterocycles. The molecule has 46 heavy (non-hydrogen) atoms. The molecule has 0 saturated carbocycles. The molecule has 2 atom stereocenters. The summed E-state index contributed by atoms with van der Waals surface area (Å²) in [4.78, 5) is 12.3. The molecule has 2 unspecified atom stereocenters. The first kappa shape index (κ1) is 45.4. The summed E-state index contributed by atoms with van der Waals surface area (Å²) in [6.45, 7) is 4.37. The summed E-state index contributed by atoms with van der Waals surface area (Å²) in [7, 11) is 0. The lowest BCUT2D eigenvalue weighted by Crippen LogP contribution is -2.45. The van der Waals surface area contributed by atoms with Crippen LogP contribution in [-0.2, 0) is 4.79 Å². The molecule has 4 nitrogen and oxygen atoms in total. The number of amides is 1. The van der Waals surface area contributed by atoms with E-state index >= 15 is 0 Å². The van der Waals surface area contributed by atoms with Crippen molar-refractivity contribution in [3.05, 3.63) is 0 Å². The monoisotopic (exact) mass is 652 g/mol. The second-order valence-electron chi connectivity index (χ2n) is 14.8. The van der Waals surface area contributed by atoms with E-state index in [1.807, 2.05) is 0 Å². The van der Waals surface area contributed by atoms with Crippen LogP contribution >= 0.6 is 0 Å². The zero-order valence-corrected chi connectivity index (χ0v) is 31.6. The average Bonchev–Trinajstić information content (AvgIpc) is 3.06. The van der Waals surface area contributed by atoms with Crippen LogP contribution < -0.4 is 5.32 Å². The molecule has 276 valence electrons. The zero-order valence-electron chi connectivity index (χ0n) is 31.6. The Kier molecular flexibility index (Phi) is 38.3. The first-order valence-electron chi connectivity index (χ1n) is 21.2. The second kappa shape index (κ2) is 38.8. The minimum Gasteiger partial charge on any atom is -0.394 e. The number of rotatable bonds is 39. The van der Waals surface area contributed by atoms with Crippen LogP contribution in [0.3, 0.4) is 0 Å². The van der Waals surface area contributed by atoms with Crippen molar-refractivity contribution in [3.63, 3.8) is 0 Å². The molecule has 0 aliphatic rings.